The number of ketones is 1. The number of hydrogen-bond acceptors (Lipinski definition) is 4. The van der Waals surface area contributed by atoms with Crippen molar-refractivity contribution in [3.05, 3.63) is 10.4 Å². The molecule has 0 amide bonds. The molecule has 0 radical (unpaired) electrons. The van der Waals surface area contributed by atoms with Gasteiger partial charge in [0.25, 0.3) is 0 Å². The summed E-state index contributed by atoms with van der Waals surface area (Å²) in [6.45, 7) is 1.05. The predicted molar refractivity (Wildman–Crippen MR) is 88.2 cm³/mol. The van der Waals surface area contributed by atoms with Crippen LogP contribution in [0.25, 0.3) is 0 Å². The lowest BCUT2D eigenvalue weighted by atomic mass is 10.1. The average molecular weight is 304 g/mol. The van der Waals surface area contributed by atoms with Crippen LogP contribution < -0.4 is 11.1 Å². The molecule has 0 aromatic carbocycles. The number of hydrogen-bond donors (Lipinski definition) is 2. The van der Waals surface area contributed by atoms with E-state index in [9.17, 15) is 4.79 Å². The SMILES string of the molecule is Nc1c(C(=O)C2CC2)sc(NCC2CCCC2)c1C1CC1. The van der Waals surface area contributed by atoms with E-state index < -0.39 is 0 Å². The lowest BCUT2D eigenvalue weighted by Gasteiger charge is -2.12. The number of rotatable bonds is 6. The number of anilines is 2. The van der Waals surface area contributed by atoms with Gasteiger partial charge in [-0.25, -0.2) is 0 Å². The third-order valence-corrected chi connectivity index (χ3v) is 6.36. The van der Waals surface area contributed by atoms with E-state index in [-0.39, 0.29) is 5.92 Å². The molecular formula is C17H24N2OS. The predicted octanol–water partition coefficient (Wildman–Crippen LogP) is 4.40. The van der Waals surface area contributed by atoms with Crippen LogP contribution in [0.15, 0.2) is 0 Å². The number of nitrogen functional groups attached to an aromatic ring is 1. The Balaban J connectivity index is 1.55. The Bertz CT molecular complexity index is 551. The Kier molecular flexibility index (Phi) is 3.44. The van der Waals surface area contributed by atoms with Crippen LogP contribution in [0.5, 0.6) is 0 Å². The number of nitrogens with one attached hydrogen (secondary N) is 1. The first kappa shape index (κ1) is 13.6. The summed E-state index contributed by atoms with van der Waals surface area (Å²) in [6.07, 6.45) is 10.0. The van der Waals surface area contributed by atoms with Crippen LogP contribution in [0.3, 0.4) is 0 Å². The maximum atomic E-state index is 12.4. The molecule has 0 atom stereocenters. The van der Waals surface area contributed by atoms with E-state index in [1.165, 1.54) is 49.1 Å². The number of carbonyl (C=O) groups is 1. The smallest absolute Gasteiger partial charge is 0.178 e. The van der Waals surface area contributed by atoms with Crippen molar-refractivity contribution in [3.63, 3.8) is 0 Å². The Morgan fingerprint density at radius 3 is 2.48 bits per heavy atom. The van der Waals surface area contributed by atoms with Gasteiger partial charge in [0.05, 0.1) is 15.6 Å². The minimum absolute atomic E-state index is 0.265. The zero-order valence-corrected chi connectivity index (χ0v) is 13.3. The van der Waals surface area contributed by atoms with Gasteiger partial charge in [-0.2, -0.15) is 0 Å². The molecule has 1 aromatic rings. The summed E-state index contributed by atoms with van der Waals surface area (Å²) in [7, 11) is 0. The largest absolute Gasteiger partial charge is 0.397 e. The summed E-state index contributed by atoms with van der Waals surface area (Å²) in [5, 5.41) is 4.84. The van der Waals surface area contributed by atoms with Crippen LogP contribution in [0.2, 0.25) is 0 Å². The summed E-state index contributed by atoms with van der Waals surface area (Å²) in [4.78, 5) is 13.2. The highest BCUT2D eigenvalue weighted by atomic mass is 32.1. The second-order valence-corrected chi connectivity index (χ2v) is 8.05. The Hall–Kier alpha value is -1.03. The molecule has 0 unspecified atom stereocenters. The molecule has 4 rings (SSSR count). The van der Waals surface area contributed by atoms with E-state index in [4.69, 9.17) is 5.73 Å². The van der Waals surface area contributed by atoms with Crippen molar-refractivity contribution in [3.8, 4) is 0 Å². The molecule has 0 saturated heterocycles. The van der Waals surface area contributed by atoms with Crippen molar-refractivity contribution < 1.29 is 4.79 Å². The number of Topliss-reactive ketones (excluding diaryl/α,β-unsaturated/α-hetero) is 1. The third-order valence-electron chi connectivity index (χ3n) is 5.17. The Morgan fingerprint density at radius 2 is 1.86 bits per heavy atom. The molecule has 3 N–H and O–H groups in total. The van der Waals surface area contributed by atoms with Gasteiger partial charge in [0, 0.05) is 18.0 Å². The van der Waals surface area contributed by atoms with Crippen LogP contribution in [0.4, 0.5) is 10.7 Å². The molecule has 1 aromatic heterocycles. The van der Waals surface area contributed by atoms with Crippen molar-refractivity contribution >= 4 is 27.8 Å². The van der Waals surface area contributed by atoms with Gasteiger partial charge in [-0.3, -0.25) is 4.79 Å². The minimum Gasteiger partial charge on any atom is -0.397 e. The number of nitrogens with two attached hydrogens (primary N) is 1. The average Bonchev–Trinajstić information content (AvgIpc) is 3.40. The molecule has 3 aliphatic carbocycles. The van der Waals surface area contributed by atoms with E-state index in [2.05, 4.69) is 5.32 Å². The third kappa shape index (κ3) is 2.70. The molecular weight excluding hydrogens is 280 g/mol. The van der Waals surface area contributed by atoms with Crippen molar-refractivity contribution in [2.24, 2.45) is 11.8 Å². The zero-order chi connectivity index (χ0) is 14.4. The van der Waals surface area contributed by atoms with Crippen molar-refractivity contribution in [2.45, 2.75) is 57.3 Å². The van der Waals surface area contributed by atoms with E-state index >= 15 is 0 Å². The summed E-state index contributed by atoms with van der Waals surface area (Å²) in [5.74, 6) is 1.98. The van der Waals surface area contributed by atoms with Gasteiger partial charge < -0.3 is 11.1 Å². The molecule has 0 spiro atoms. The van der Waals surface area contributed by atoms with E-state index in [1.54, 1.807) is 11.3 Å². The van der Waals surface area contributed by atoms with Gasteiger partial charge in [-0.05, 0) is 50.4 Å². The van der Waals surface area contributed by atoms with Gasteiger partial charge in [-0.15, -0.1) is 11.3 Å². The second-order valence-electron chi connectivity index (χ2n) is 7.03. The second kappa shape index (κ2) is 5.31. The fourth-order valence-corrected chi connectivity index (χ4v) is 4.76. The normalized spacial score (nSPS) is 22.7. The Labute approximate surface area is 130 Å². The van der Waals surface area contributed by atoms with Crippen molar-refractivity contribution in [2.75, 3.05) is 17.6 Å². The highest BCUT2D eigenvalue weighted by molar-refractivity contribution is 7.18. The minimum atomic E-state index is 0.265. The lowest BCUT2D eigenvalue weighted by molar-refractivity contribution is 0.0972. The molecule has 1 heterocycles. The van der Waals surface area contributed by atoms with E-state index in [1.807, 2.05) is 0 Å². The molecule has 3 saturated carbocycles. The maximum absolute atomic E-state index is 12.4. The summed E-state index contributed by atoms with van der Waals surface area (Å²) >= 11 is 1.63. The van der Waals surface area contributed by atoms with Gasteiger partial charge in [0.15, 0.2) is 5.78 Å². The van der Waals surface area contributed by atoms with E-state index in [0.29, 0.717) is 11.7 Å². The van der Waals surface area contributed by atoms with Crippen molar-refractivity contribution in [1.82, 2.24) is 0 Å². The van der Waals surface area contributed by atoms with Crippen LogP contribution in [0, 0.1) is 11.8 Å². The summed E-state index contributed by atoms with van der Waals surface area (Å²) in [5.41, 5.74) is 8.41. The van der Waals surface area contributed by atoms with Crippen LogP contribution in [-0.4, -0.2) is 12.3 Å². The molecule has 21 heavy (non-hydrogen) atoms. The van der Waals surface area contributed by atoms with Gasteiger partial charge in [0.2, 0.25) is 0 Å². The molecule has 3 nitrogen and oxygen atoms in total. The fraction of sp³-hybridized carbons (Fsp3) is 0.706. The quantitative estimate of drug-likeness (QED) is 0.766. The number of carbonyl (C=O) groups excluding carboxylic acids is 1. The van der Waals surface area contributed by atoms with Crippen LogP contribution >= 0.6 is 11.3 Å². The first-order valence-electron chi connectivity index (χ1n) is 8.44. The highest BCUT2D eigenvalue weighted by Crippen LogP contribution is 2.52. The highest BCUT2D eigenvalue weighted by Gasteiger charge is 2.37. The van der Waals surface area contributed by atoms with Crippen LogP contribution in [-0.2, 0) is 0 Å². The molecule has 0 bridgehead atoms. The first-order chi connectivity index (χ1) is 10.2. The fourth-order valence-electron chi connectivity index (χ4n) is 3.53. The summed E-state index contributed by atoms with van der Waals surface area (Å²) in [6, 6.07) is 0. The molecule has 3 fully saturated rings. The van der Waals surface area contributed by atoms with Gasteiger partial charge >= 0.3 is 0 Å². The molecule has 114 valence electrons. The maximum Gasteiger partial charge on any atom is 0.178 e. The molecule has 0 aliphatic heterocycles. The molecule has 4 heteroatoms. The zero-order valence-electron chi connectivity index (χ0n) is 12.5. The standard InChI is InChI=1S/C17H24N2OS/c18-14-13(11-5-6-11)17(19-9-10-3-1-2-4-10)21-16(14)15(20)12-7-8-12/h10-12,19H,1-9,18H2. The number of thiophene rings is 1. The molecule has 3 aliphatic rings. The Morgan fingerprint density at radius 1 is 1.14 bits per heavy atom. The van der Waals surface area contributed by atoms with Gasteiger partial charge in [-0.1, -0.05) is 12.8 Å². The topological polar surface area (TPSA) is 55.1 Å². The first-order valence-corrected chi connectivity index (χ1v) is 9.26. The van der Waals surface area contributed by atoms with E-state index in [0.717, 1.165) is 35.9 Å². The summed E-state index contributed by atoms with van der Waals surface area (Å²) < 4.78 is 0. The van der Waals surface area contributed by atoms with Crippen molar-refractivity contribution in [1.29, 1.82) is 0 Å². The monoisotopic (exact) mass is 304 g/mol. The van der Waals surface area contributed by atoms with Gasteiger partial charge in [0.1, 0.15) is 0 Å². The van der Waals surface area contributed by atoms with Crippen LogP contribution in [0.1, 0.15) is 72.5 Å². The lowest BCUT2D eigenvalue weighted by Crippen LogP contribution is -2.11.